The lowest BCUT2D eigenvalue weighted by Crippen LogP contribution is -2.45. The van der Waals surface area contributed by atoms with Crippen molar-refractivity contribution < 1.29 is 0 Å². The van der Waals surface area contributed by atoms with Crippen molar-refractivity contribution in [2.45, 2.75) is 6.92 Å². The van der Waals surface area contributed by atoms with Crippen molar-refractivity contribution in [1.29, 1.82) is 0 Å². The molecule has 0 saturated heterocycles. The van der Waals surface area contributed by atoms with Crippen molar-refractivity contribution in [1.82, 2.24) is 9.47 Å². The Bertz CT molecular complexity index is 481. The van der Waals surface area contributed by atoms with Crippen LogP contribution in [0.2, 0.25) is 0 Å². The fraction of sp³-hybridized carbons (Fsp3) is 0.364. The van der Waals surface area contributed by atoms with Crippen LogP contribution in [0.3, 0.4) is 0 Å². The number of rotatable bonds is 2. The summed E-state index contributed by atoms with van der Waals surface area (Å²) in [5, 5.41) is 1.37. The van der Waals surface area contributed by atoms with Crippen LogP contribution in [-0.2, 0) is 7.05 Å². The normalized spacial score (nSPS) is 11.9. The molecule has 15 heavy (non-hydrogen) atoms. The third-order valence-electron chi connectivity index (χ3n) is 2.32. The van der Waals surface area contributed by atoms with Crippen molar-refractivity contribution in [3.8, 4) is 0 Å². The first-order chi connectivity index (χ1) is 6.97. The average Bonchev–Trinajstić information content (AvgIpc) is 2.21. The SMILES string of the molecule is C=c1c(Br)cn(C)c(=O)/c1=C/N(C)CC. The van der Waals surface area contributed by atoms with Crippen molar-refractivity contribution in [3.05, 3.63) is 31.5 Å². The van der Waals surface area contributed by atoms with E-state index in [0.717, 1.165) is 16.2 Å². The highest BCUT2D eigenvalue weighted by molar-refractivity contribution is 9.10. The number of pyridine rings is 1. The molecule has 0 spiro atoms. The lowest BCUT2D eigenvalue weighted by atomic mass is 10.3. The van der Waals surface area contributed by atoms with Gasteiger partial charge in [-0.3, -0.25) is 4.79 Å². The summed E-state index contributed by atoms with van der Waals surface area (Å²) in [6.45, 7) is 6.78. The maximum absolute atomic E-state index is 11.8. The van der Waals surface area contributed by atoms with E-state index in [1.807, 2.05) is 25.1 Å². The van der Waals surface area contributed by atoms with Gasteiger partial charge < -0.3 is 9.47 Å². The fourth-order valence-electron chi connectivity index (χ4n) is 1.20. The molecule has 82 valence electrons. The molecule has 0 unspecified atom stereocenters. The van der Waals surface area contributed by atoms with Crippen LogP contribution in [0.15, 0.2) is 15.5 Å². The third-order valence-corrected chi connectivity index (χ3v) is 3.00. The van der Waals surface area contributed by atoms with Gasteiger partial charge >= 0.3 is 0 Å². The topological polar surface area (TPSA) is 25.2 Å². The molecule has 0 atom stereocenters. The molecule has 0 aliphatic rings. The maximum atomic E-state index is 11.8. The van der Waals surface area contributed by atoms with Gasteiger partial charge in [-0.2, -0.15) is 0 Å². The molecule has 1 aromatic rings. The van der Waals surface area contributed by atoms with Gasteiger partial charge in [-0.1, -0.05) is 6.58 Å². The van der Waals surface area contributed by atoms with Crippen molar-refractivity contribution in [2.24, 2.45) is 7.05 Å². The van der Waals surface area contributed by atoms with E-state index in [0.29, 0.717) is 5.22 Å². The summed E-state index contributed by atoms with van der Waals surface area (Å²) in [5.41, 5.74) is -0.0245. The van der Waals surface area contributed by atoms with Crippen molar-refractivity contribution in [3.63, 3.8) is 0 Å². The van der Waals surface area contributed by atoms with Gasteiger partial charge in [0.2, 0.25) is 0 Å². The second-order valence-corrected chi connectivity index (χ2v) is 4.34. The second-order valence-electron chi connectivity index (χ2n) is 3.49. The molecule has 1 heterocycles. The molecule has 1 aromatic heterocycles. The summed E-state index contributed by atoms with van der Waals surface area (Å²) in [4.78, 5) is 13.8. The zero-order valence-corrected chi connectivity index (χ0v) is 10.8. The molecule has 0 aliphatic carbocycles. The summed E-state index contributed by atoms with van der Waals surface area (Å²) >= 11 is 3.38. The van der Waals surface area contributed by atoms with Gasteiger partial charge in [0.25, 0.3) is 5.56 Å². The Balaban J connectivity index is 3.61. The highest BCUT2D eigenvalue weighted by Gasteiger charge is 1.99. The monoisotopic (exact) mass is 270 g/mol. The first-order valence-electron chi connectivity index (χ1n) is 4.73. The molecule has 0 radical (unpaired) electrons. The van der Waals surface area contributed by atoms with Gasteiger partial charge in [0.1, 0.15) is 0 Å². The molecule has 0 aromatic carbocycles. The van der Waals surface area contributed by atoms with Crippen molar-refractivity contribution in [2.75, 3.05) is 13.6 Å². The zero-order chi connectivity index (χ0) is 11.6. The number of halogens is 1. The first-order valence-corrected chi connectivity index (χ1v) is 5.52. The molecule has 0 aliphatic heterocycles. The lowest BCUT2D eigenvalue weighted by molar-refractivity contribution is 0.526. The second kappa shape index (κ2) is 4.66. The molecule has 0 saturated carbocycles. The van der Waals surface area contributed by atoms with E-state index in [1.165, 1.54) is 0 Å². The van der Waals surface area contributed by atoms with Crippen LogP contribution in [0.1, 0.15) is 6.92 Å². The van der Waals surface area contributed by atoms with E-state index in [1.54, 1.807) is 17.8 Å². The summed E-state index contributed by atoms with van der Waals surface area (Å²) in [6.07, 6.45) is 3.56. The zero-order valence-electron chi connectivity index (χ0n) is 9.25. The van der Waals surface area contributed by atoms with E-state index in [9.17, 15) is 4.79 Å². The van der Waals surface area contributed by atoms with Crippen LogP contribution in [-0.4, -0.2) is 23.1 Å². The van der Waals surface area contributed by atoms with E-state index in [-0.39, 0.29) is 5.56 Å². The minimum atomic E-state index is -0.0245. The minimum absolute atomic E-state index is 0.0245. The van der Waals surface area contributed by atoms with Crippen LogP contribution in [0.4, 0.5) is 0 Å². The maximum Gasteiger partial charge on any atom is 0.259 e. The van der Waals surface area contributed by atoms with E-state index in [4.69, 9.17) is 0 Å². The smallest absolute Gasteiger partial charge is 0.259 e. The van der Waals surface area contributed by atoms with Gasteiger partial charge in [0, 0.05) is 37.5 Å². The first kappa shape index (κ1) is 12.0. The Kier molecular flexibility index (Phi) is 3.74. The minimum Gasteiger partial charge on any atom is -0.380 e. The van der Waals surface area contributed by atoms with Crippen LogP contribution >= 0.6 is 15.9 Å². The Labute approximate surface area is 97.5 Å². The number of hydrogen-bond acceptors (Lipinski definition) is 2. The molecule has 3 nitrogen and oxygen atoms in total. The highest BCUT2D eigenvalue weighted by Crippen LogP contribution is 1.95. The van der Waals surface area contributed by atoms with Gasteiger partial charge in [0.15, 0.2) is 0 Å². The van der Waals surface area contributed by atoms with Crippen LogP contribution < -0.4 is 16.0 Å². The Morgan fingerprint density at radius 1 is 1.67 bits per heavy atom. The predicted molar refractivity (Wildman–Crippen MR) is 66.9 cm³/mol. The standard InChI is InChI=1S/C11H15BrN2O/c1-5-13(3)6-9-8(2)10(12)7-14(4)11(9)15/h6-7H,2,5H2,1,3-4H3/b9-6+. The highest BCUT2D eigenvalue weighted by atomic mass is 79.9. The van der Waals surface area contributed by atoms with Gasteiger partial charge in [-0.15, -0.1) is 0 Å². The largest absolute Gasteiger partial charge is 0.380 e. The molecule has 1 rings (SSSR count). The molecular formula is C11H15BrN2O. The number of aromatic nitrogens is 1. The van der Waals surface area contributed by atoms with Crippen LogP contribution in [0, 0.1) is 0 Å². The molecule has 4 heteroatoms. The molecular weight excluding hydrogens is 256 g/mol. The summed E-state index contributed by atoms with van der Waals surface area (Å²) < 4.78 is 2.40. The van der Waals surface area contributed by atoms with Gasteiger partial charge in [-0.05, 0) is 28.1 Å². The summed E-state index contributed by atoms with van der Waals surface area (Å²) in [7, 11) is 3.66. The Hall–Kier alpha value is -1.03. The number of hydrogen-bond donors (Lipinski definition) is 0. The van der Waals surface area contributed by atoms with Gasteiger partial charge in [0.05, 0.1) is 5.22 Å². The molecule has 0 fully saturated rings. The van der Waals surface area contributed by atoms with E-state index >= 15 is 0 Å². The number of nitrogens with zero attached hydrogens (tertiary/aromatic N) is 2. The number of aryl methyl sites for hydroxylation is 1. The Morgan fingerprint density at radius 2 is 2.27 bits per heavy atom. The van der Waals surface area contributed by atoms with Crippen molar-refractivity contribution >= 4 is 28.7 Å². The van der Waals surface area contributed by atoms with Crippen LogP contribution in [0.5, 0.6) is 0 Å². The lowest BCUT2D eigenvalue weighted by Gasteiger charge is -2.09. The molecule has 0 N–H and O–H groups in total. The molecule has 0 bridgehead atoms. The molecule has 0 amide bonds. The van der Waals surface area contributed by atoms with E-state index < -0.39 is 0 Å². The average molecular weight is 271 g/mol. The fourth-order valence-corrected chi connectivity index (χ4v) is 1.72. The third kappa shape index (κ3) is 2.50. The summed E-state index contributed by atoms with van der Waals surface area (Å²) in [6, 6.07) is 0. The van der Waals surface area contributed by atoms with E-state index in [2.05, 4.69) is 22.5 Å². The predicted octanol–water partition coefficient (Wildman–Crippen LogP) is 0.248. The van der Waals surface area contributed by atoms with Gasteiger partial charge in [-0.25, -0.2) is 0 Å². The Morgan fingerprint density at radius 3 is 2.80 bits per heavy atom. The quantitative estimate of drug-likeness (QED) is 0.770. The summed E-state index contributed by atoms with van der Waals surface area (Å²) in [5.74, 6) is 0. The van der Waals surface area contributed by atoms with Crippen LogP contribution in [0.25, 0.3) is 12.8 Å².